The lowest BCUT2D eigenvalue weighted by Crippen LogP contribution is -2.45. The normalized spacial score (nSPS) is 20.5. The van der Waals surface area contributed by atoms with Crippen molar-refractivity contribution in [2.45, 2.75) is 25.4 Å². The Balaban J connectivity index is 1.93. The van der Waals surface area contributed by atoms with Crippen LogP contribution in [0.1, 0.15) is 13.3 Å². The minimum absolute atomic E-state index is 0.0316. The van der Waals surface area contributed by atoms with Gasteiger partial charge in [-0.2, -0.15) is 11.8 Å². The van der Waals surface area contributed by atoms with Crippen LogP contribution in [0.4, 0.5) is 11.4 Å². The molecule has 1 fully saturated rings. The first kappa shape index (κ1) is 14.2. The summed E-state index contributed by atoms with van der Waals surface area (Å²) >= 11 is 1.96. The van der Waals surface area contributed by atoms with Crippen molar-refractivity contribution in [3.63, 3.8) is 0 Å². The van der Waals surface area contributed by atoms with Crippen LogP contribution in [0.5, 0.6) is 0 Å². The maximum absolute atomic E-state index is 12.2. The lowest BCUT2D eigenvalue weighted by Gasteiger charge is -2.29. The van der Waals surface area contributed by atoms with Crippen molar-refractivity contribution in [1.82, 2.24) is 4.90 Å². The van der Waals surface area contributed by atoms with E-state index in [1.807, 2.05) is 37.9 Å². The molecule has 0 saturated carbocycles. The van der Waals surface area contributed by atoms with Crippen LogP contribution in [0, 0.1) is 0 Å². The summed E-state index contributed by atoms with van der Waals surface area (Å²) in [5.41, 5.74) is 7.12. The lowest BCUT2D eigenvalue weighted by molar-refractivity contribution is -0.120. The molecule has 1 heterocycles. The predicted molar refractivity (Wildman–Crippen MR) is 82.4 cm³/mol. The number of anilines is 2. The zero-order valence-electron chi connectivity index (χ0n) is 11.4. The first-order valence-electron chi connectivity index (χ1n) is 6.54. The van der Waals surface area contributed by atoms with E-state index >= 15 is 0 Å². The highest BCUT2D eigenvalue weighted by Crippen LogP contribution is 2.23. The van der Waals surface area contributed by atoms with Crippen molar-refractivity contribution < 1.29 is 4.79 Å². The highest BCUT2D eigenvalue weighted by Gasteiger charge is 2.27. The Kier molecular flexibility index (Phi) is 4.71. The van der Waals surface area contributed by atoms with Gasteiger partial charge < -0.3 is 11.1 Å². The molecular weight excluding hydrogens is 258 g/mol. The molecule has 2 unspecified atom stereocenters. The number of likely N-dealkylation sites (N-methyl/N-ethyl adjacent to an activating group) is 1. The van der Waals surface area contributed by atoms with Gasteiger partial charge in [-0.3, -0.25) is 9.69 Å². The number of nitrogens with two attached hydrogens (primary N) is 1. The fraction of sp³-hybridized carbons (Fsp3) is 0.500. The number of carbonyl (C=O) groups excluding carboxylic acids is 1. The van der Waals surface area contributed by atoms with Crippen LogP contribution in [-0.2, 0) is 4.79 Å². The van der Waals surface area contributed by atoms with Gasteiger partial charge >= 0.3 is 0 Å². The molecule has 1 aliphatic heterocycles. The molecule has 5 heteroatoms. The Morgan fingerprint density at radius 2 is 2.16 bits per heavy atom. The molecule has 0 radical (unpaired) electrons. The summed E-state index contributed by atoms with van der Waals surface area (Å²) in [7, 11) is 2.03. The van der Waals surface area contributed by atoms with Crippen molar-refractivity contribution in [3.05, 3.63) is 24.3 Å². The van der Waals surface area contributed by atoms with Crippen LogP contribution in [0.25, 0.3) is 0 Å². The quantitative estimate of drug-likeness (QED) is 0.828. The number of nitrogen functional groups attached to an aromatic ring is 1. The van der Waals surface area contributed by atoms with Gasteiger partial charge in [0.15, 0.2) is 0 Å². The van der Waals surface area contributed by atoms with Gasteiger partial charge in [-0.1, -0.05) is 0 Å². The molecule has 1 aliphatic rings. The Bertz CT molecular complexity index is 429. The van der Waals surface area contributed by atoms with E-state index in [0.29, 0.717) is 11.7 Å². The fourth-order valence-corrected chi connectivity index (χ4v) is 3.44. The van der Waals surface area contributed by atoms with E-state index < -0.39 is 0 Å². The highest BCUT2D eigenvalue weighted by molar-refractivity contribution is 7.99. The van der Waals surface area contributed by atoms with E-state index in [-0.39, 0.29) is 11.9 Å². The van der Waals surface area contributed by atoms with Crippen molar-refractivity contribution in [3.8, 4) is 0 Å². The van der Waals surface area contributed by atoms with Crippen LogP contribution < -0.4 is 11.1 Å². The van der Waals surface area contributed by atoms with Crippen LogP contribution >= 0.6 is 11.8 Å². The Morgan fingerprint density at radius 3 is 2.74 bits per heavy atom. The number of carbonyl (C=O) groups is 1. The molecule has 0 aliphatic carbocycles. The molecule has 1 aromatic rings. The van der Waals surface area contributed by atoms with E-state index in [9.17, 15) is 4.79 Å². The van der Waals surface area contributed by atoms with Crippen molar-refractivity contribution >= 4 is 29.0 Å². The van der Waals surface area contributed by atoms with Gasteiger partial charge in [0.05, 0.1) is 6.04 Å². The second kappa shape index (κ2) is 6.30. The highest BCUT2D eigenvalue weighted by atomic mass is 32.2. The van der Waals surface area contributed by atoms with Gasteiger partial charge in [0.2, 0.25) is 5.91 Å². The third-order valence-electron chi connectivity index (χ3n) is 3.65. The van der Waals surface area contributed by atoms with E-state index in [0.717, 1.165) is 11.4 Å². The Morgan fingerprint density at radius 1 is 1.47 bits per heavy atom. The van der Waals surface area contributed by atoms with E-state index in [4.69, 9.17) is 5.73 Å². The number of hydrogen-bond acceptors (Lipinski definition) is 4. The van der Waals surface area contributed by atoms with Crippen LogP contribution in [-0.4, -0.2) is 41.4 Å². The molecule has 0 aromatic heterocycles. The zero-order chi connectivity index (χ0) is 13.8. The second-order valence-electron chi connectivity index (χ2n) is 4.97. The summed E-state index contributed by atoms with van der Waals surface area (Å²) in [5, 5.41) is 2.93. The van der Waals surface area contributed by atoms with Crippen molar-refractivity contribution in [1.29, 1.82) is 0 Å². The maximum atomic E-state index is 12.2. The van der Waals surface area contributed by atoms with Crippen LogP contribution in [0.3, 0.4) is 0 Å². The number of amides is 1. The number of benzene rings is 1. The largest absolute Gasteiger partial charge is 0.399 e. The molecule has 19 heavy (non-hydrogen) atoms. The minimum atomic E-state index is -0.124. The molecule has 4 nitrogen and oxygen atoms in total. The van der Waals surface area contributed by atoms with Crippen molar-refractivity contribution in [2.75, 3.05) is 29.6 Å². The van der Waals surface area contributed by atoms with Gasteiger partial charge in [-0.15, -0.1) is 0 Å². The summed E-state index contributed by atoms with van der Waals surface area (Å²) < 4.78 is 0. The van der Waals surface area contributed by atoms with Gasteiger partial charge in [0.1, 0.15) is 0 Å². The second-order valence-corrected chi connectivity index (χ2v) is 6.12. The SMILES string of the molecule is CC(C(=O)Nc1ccc(N)cc1)N(C)C1CCSC1. The molecule has 2 atom stereocenters. The molecule has 3 N–H and O–H groups in total. The molecule has 0 bridgehead atoms. The number of rotatable bonds is 4. The lowest BCUT2D eigenvalue weighted by atomic mass is 10.1. The minimum Gasteiger partial charge on any atom is -0.399 e. The first-order chi connectivity index (χ1) is 9.08. The molecule has 0 spiro atoms. The zero-order valence-corrected chi connectivity index (χ0v) is 12.2. The number of hydrogen-bond donors (Lipinski definition) is 2. The van der Waals surface area contributed by atoms with E-state index in [1.165, 1.54) is 12.2 Å². The summed E-state index contributed by atoms with van der Waals surface area (Å²) in [5.74, 6) is 2.35. The van der Waals surface area contributed by atoms with Gasteiger partial charge in [-0.25, -0.2) is 0 Å². The average molecular weight is 279 g/mol. The topological polar surface area (TPSA) is 58.4 Å². The summed E-state index contributed by atoms with van der Waals surface area (Å²) in [4.78, 5) is 14.4. The maximum Gasteiger partial charge on any atom is 0.241 e. The van der Waals surface area contributed by atoms with Crippen molar-refractivity contribution in [2.24, 2.45) is 0 Å². The first-order valence-corrected chi connectivity index (χ1v) is 7.69. The molecule has 2 rings (SSSR count). The standard InChI is InChI=1S/C14H21N3OS/c1-10(17(2)13-7-8-19-9-13)14(18)16-12-5-3-11(15)4-6-12/h3-6,10,13H,7-9,15H2,1-2H3,(H,16,18). The number of thioether (sulfide) groups is 1. The molecule has 1 aromatic carbocycles. The van der Waals surface area contributed by atoms with Gasteiger partial charge in [0.25, 0.3) is 0 Å². The molecule has 1 saturated heterocycles. The number of nitrogens with one attached hydrogen (secondary N) is 1. The van der Waals surface area contributed by atoms with Crippen LogP contribution in [0.15, 0.2) is 24.3 Å². The smallest absolute Gasteiger partial charge is 0.241 e. The fourth-order valence-electron chi connectivity index (χ4n) is 2.16. The predicted octanol–water partition coefficient (Wildman–Crippen LogP) is 2.03. The Labute approximate surface area is 118 Å². The summed E-state index contributed by atoms with van der Waals surface area (Å²) in [6, 6.07) is 7.62. The molecular formula is C14H21N3OS. The summed E-state index contributed by atoms with van der Waals surface area (Å²) in [6.07, 6.45) is 1.17. The third-order valence-corrected chi connectivity index (χ3v) is 4.80. The van der Waals surface area contributed by atoms with E-state index in [2.05, 4.69) is 10.2 Å². The summed E-state index contributed by atoms with van der Waals surface area (Å²) in [6.45, 7) is 1.95. The van der Waals surface area contributed by atoms with E-state index in [1.54, 1.807) is 12.1 Å². The van der Waals surface area contributed by atoms with Crippen LogP contribution in [0.2, 0.25) is 0 Å². The van der Waals surface area contributed by atoms with Gasteiger partial charge in [-0.05, 0) is 50.4 Å². The van der Waals surface area contributed by atoms with Gasteiger partial charge in [0, 0.05) is 23.2 Å². The molecule has 1 amide bonds. The monoisotopic (exact) mass is 279 g/mol. The third kappa shape index (κ3) is 3.64. The Hall–Kier alpha value is -1.20. The molecule has 104 valence electrons. The average Bonchev–Trinajstić information content (AvgIpc) is 2.93. The number of nitrogens with zero attached hydrogens (tertiary/aromatic N) is 1.